The Morgan fingerprint density at radius 1 is 1.44 bits per heavy atom. The van der Waals surface area contributed by atoms with Crippen LogP contribution < -0.4 is 15.2 Å². The molecule has 0 fully saturated rings. The van der Waals surface area contributed by atoms with E-state index in [0.717, 1.165) is 5.56 Å². The summed E-state index contributed by atoms with van der Waals surface area (Å²) in [5, 5.41) is 0.605. The highest BCUT2D eigenvalue weighted by Gasteiger charge is 2.18. The van der Waals surface area contributed by atoms with Crippen molar-refractivity contribution in [2.45, 2.75) is 12.5 Å². The van der Waals surface area contributed by atoms with Crippen molar-refractivity contribution in [3.63, 3.8) is 0 Å². The lowest BCUT2D eigenvalue weighted by Gasteiger charge is -2.12. The Balaban J connectivity index is 0.00000128. The van der Waals surface area contributed by atoms with Gasteiger partial charge >= 0.3 is 0 Å². The van der Waals surface area contributed by atoms with E-state index in [1.807, 2.05) is 6.07 Å². The molecule has 1 aromatic carbocycles. The summed E-state index contributed by atoms with van der Waals surface area (Å²) in [6, 6.07) is 3.42. The van der Waals surface area contributed by atoms with Crippen LogP contribution in [0.15, 0.2) is 24.8 Å². The van der Waals surface area contributed by atoms with E-state index < -0.39 is 0 Å². The van der Waals surface area contributed by atoms with Crippen molar-refractivity contribution >= 4 is 24.0 Å². The summed E-state index contributed by atoms with van der Waals surface area (Å²) in [5.74, 6) is 1.38. The van der Waals surface area contributed by atoms with Gasteiger partial charge in [-0.2, -0.15) is 0 Å². The van der Waals surface area contributed by atoms with E-state index in [9.17, 15) is 0 Å². The fraction of sp³-hybridized carbons (Fsp3) is 0.273. The minimum Gasteiger partial charge on any atom is -0.454 e. The second-order valence-corrected chi connectivity index (χ2v) is 3.77. The summed E-state index contributed by atoms with van der Waals surface area (Å²) in [6.07, 6.45) is 2.45. The molecule has 16 heavy (non-hydrogen) atoms. The van der Waals surface area contributed by atoms with Gasteiger partial charge in [0.05, 0.1) is 0 Å². The molecule has 2 N–H and O–H groups in total. The lowest BCUT2D eigenvalue weighted by atomic mass is 10.0. The number of benzene rings is 1. The Bertz CT molecular complexity index is 396. The molecule has 0 unspecified atom stereocenters. The molecule has 0 spiro atoms. The first-order chi connectivity index (χ1) is 7.22. The summed E-state index contributed by atoms with van der Waals surface area (Å²) in [7, 11) is 0. The van der Waals surface area contributed by atoms with Crippen LogP contribution in [0.3, 0.4) is 0 Å². The summed E-state index contributed by atoms with van der Waals surface area (Å²) in [4.78, 5) is 0. The van der Waals surface area contributed by atoms with E-state index in [2.05, 4.69) is 6.58 Å². The van der Waals surface area contributed by atoms with E-state index in [4.69, 9.17) is 26.8 Å². The lowest BCUT2D eigenvalue weighted by molar-refractivity contribution is 0.174. The normalized spacial score (nSPS) is 14.1. The quantitative estimate of drug-likeness (QED) is 0.851. The lowest BCUT2D eigenvalue weighted by Crippen LogP contribution is -2.09. The first kappa shape index (κ1) is 13.2. The zero-order valence-corrected chi connectivity index (χ0v) is 10.2. The van der Waals surface area contributed by atoms with E-state index in [-0.39, 0.29) is 25.2 Å². The highest BCUT2D eigenvalue weighted by molar-refractivity contribution is 6.31. The second-order valence-electron chi connectivity index (χ2n) is 3.36. The maximum Gasteiger partial charge on any atom is 0.231 e. The highest BCUT2D eigenvalue weighted by Crippen LogP contribution is 2.38. The van der Waals surface area contributed by atoms with E-state index in [1.165, 1.54) is 0 Å². The average Bonchev–Trinajstić information content (AvgIpc) is 2.63. The largest absolute Gasteiger partial charge is 0.454 e. The van der Waals surface area contributed by atoms with E-state index >= 15 is 0 Å². The van der Waals surface area contributed by atoms with Gasteiger partial charge in [-0.15, -0.1) is 19.0 Å². The van der Waals surface area contributed by atoms with Gasteiger partial charge in [-0.25, -0.2) is 0 Å². The summed E-state index contributed by atoms with van der Waals surface area (Å²) >= 11 is 6.09. The van der Waals surface area contributed by atoms with Crippen LogP contribution in [0.2, 0.25) is 5.02 Å². The Hall–Kier alpha value is -0.900. The molecule has 0 amide bonds. The molecule has 0 saturated heterocycles. The molecule has 0 aliphatic carbocycles. The van der Waals surface area contributed by atoms with Crippen molar-refractivity contribution in [2.24, 2.45) is 5.73 Å². The molecule has 5 heteroatoms. The SMILES string of the molecule is C=CC[C@H](N)c1cc2c(cc1Cl)OCO2.Cl. The first-order valence-electron chi connectivity index (χ1n) is 4.68. The van der Waals surface area contributed by atoms with Crippen LogP contribution in [-0.4, -0.2) is 6.79 Å². The van der Waals surface area contributed by atoms with Crippen molar-refractivity contribution in [3.05, 3.63) is 35.4 Å². The predicted molar refractivity (Wildman–Crippen MR) is 66.6 cm³/mol. The van der Waals surface area contributed by atoms with Gasteiger partial charge in [0.2, 0.25) is 6.79 Å². The number of ether oxygens (including phenoxy) is 2. The highest BCUT2D eigenvalue weighted by atomic mass is 35.5. The van der Waals surface area contributed by atoms with Gasteiger partial charge in [-0.3, -0.25) is 0 Å². The van der Waals surface area contributed by atoms with Crippen molar-refractivity contribution < 1.29 is 9.47 Å². The third-order valence-electron chi connectivity index (χ3n) is 2.31. The van der Waals surface area contributed by atoms with Crippen LogP contribution >= 0.6 is 24.0 Å². The number of rotatable bonds is 3. The number of fused-ring (bicyclic) bond motifs is 1. The van der Waals surface area contributed by atoms with Crippen LogP contribution in [-0.2, 0) is 0 Å². The average molecular weight is 262 g/mol. The van der Waals surface area contributed by atoms with Crippen molar-refractivity contribution in [2.75, 3.05) is 6.79 Å². The Morgan fingerprint density at radius 3 is 2.69 bits per heavy atom. The molecular weight excluding hydrogens is 249 g/mol. The fourth-order valence-electron chi connectivity index (χ4n) is 1.52. The van der Waals surface area contributed by atoms with Gasteiger partial charge in [0, 0.05) is 17.1 Å². The molecule has 3 nitrogen and oxygen atoms in total. The Morgan fingerprint density at radius 2 is 2.06 bits per heavy atom. The number of halogens is 2. The van der Waals surface area contributed by atoms with Crippen molar-refractivity contribution in [1.82, 2.24) is 0 Å². The molecule has 2 rings (SSSR count). The third kappa shape index (κ3) is 2.43. The minimum absolute atomic E-state index is 0. The molecule has 0 bridgehead atoms. The second kappa shape index (κ2) is 5.43. The topological polar surface area (TPSA) is 44.5 Å². The monoisotopic (exact) mass is 261 g/mol. The third-order valence-corrected chi connectivity index (χ3v) is 2.64. The van der Waals surface area contributed by atoms with Gasteiger partial charge in [0.1, 0.15) is 0 Å². The van der Waals surface area contributed by atoms with Gasteiger partial charge in [-0.05, 0) is 18.1 Å². The van der Waals surface area contributed by atoms with Crippen molar-refractivity contribution in [1.29, 1.82) is 0 Å². The molecule has 88 valence electrons. The van der Waals surface area contributed by atoms with Crippen LogP contribution in [0.4, 0.5) is 0 Å². The zero-order chi connectivity index (χ0) is 10.8. The molecule has 1 aliphatic heterocycles. The predicted octanol–water partition coefficient (Wildman–Crippen LogP) is 3.07. The van der Waals surface area contributed by atoms with Gasteiger partial charge < -0.3 is 15.2 Å². The van der Waals surface area contributed by atoms with Crippen LogP contribution in [0.25, 0.3) is 0 Å². The van der Waals surface area contributed by atoms with Crippen LogP contribution in [0, 0.1) is 0 Å². The van der Waals surface area contributed by atoms with Gasteiger partial charge in [-0.1, -0.05) is 17.7 Å². The molecule has 0 aromatic heterocycles. The summed E-state index contributed by atoms with van der Waals surface area (Å²) in [6.45, 7) is 3.89. The van der Waals surface area contributed by atoms with Gasteiger partial charge in [0.25, 0.3) is 0 Å². The number of hydrogen-bond donors (Lipinski definition) is 1. The zero-order valence-electron chi connectivity index (χ0n) is 8.61. The molecule has 1 heterocycles. The molecule has 0 saturated carbocycles. The standard InChI is InChI=1S/C11H12ClNO2.ClH/c1-2-3-9(13)7-4-10-11(5-8(7)12)15-6-14-10;/h2,4-5,9H,1,3,6,13H2;1H/t9-;/m0./s1. The molecule has 1 atom stereocenters. The minimum atomic E-state index is -0.149. The molecular formula is C11H13Cl2NO2. The molecule has 0 radical (unpaired) electrons. The number of hydrogen-bond acceptors (Lipinski definition) is 3. The summed E-state index contributed by atoms with van der Waals surface area (Å²) in [5.41, 5.74) is 6.81. The molecule has 1 aliphatic rings. The van der Waals surface area contributed by atoms with Gasteiger partial charge in [0.15, 0.2) is 11.5 Å². The Kier molecular flexibility index (Phi) is 4.47. The van der Waals surface area contributed by atoms with E-state index in [1.54, 1.807) is 12.1 Å². The number of nitrogens with two attached hydrogens (primary N) is 1. The molecule has 1 aromatic rings. The Labute approximate surface area is 106 Å². The first-order valence-corrected chi connectivity index (χ1v) is 5.05. The summed E-state index contributed by atoms with van der Waals surface area (Å²) < 4.78 is 10.5. The van der Waals surface area contributed by atoms with Crippen LogP contribution in [0.5, 0.6) is 11.5 Å². The van der Waals surface area contributed by atoms with Crippen molar-refractivity contribution in [3.8, 4) is 11.5 Å². The maximum atomic E-state index is 6.09. The smallest absolute Gasteiger partial charge is 0.231 e. The fourth-order valence-corrected chi connectivity index (χ4v) is 1.82. The van der Waals surface area contributed by atoms with Crippen LogP contribution in [0.1, 0.15) is 18.0 Å². The van der Waals surface area contributed by atoms with E-state index in [0.29, 0.717) is 22.9 Å². The maximum absolute atomic E-state index is 6.09.